The Bertz CT molecular complexity index is 572. The van der Waals surface area contributed by atoms with E-state index in [-0.39, 0.29) is 18.1 Å². The van der Waals surface area contributed by atoms with Gasteiger partial charge in [-0.15, -0.1) is 0 Å². The SMILES string of the molecule is COCc1cccc(CC(=O)N2C[C@@H](OC)C[C@H]2CN2CCCC2)c1. The van der Waals surface area contributed by atoms with E-state index in [0.717, 1.165) is 37.2 Å². The summed E-state index contributed by atoms with van der Waals surface area (Å²) in [4.78, 5) is 17.5. The quantitative estimate of drug-likeness (QED) is 0.758. The molecule has 0 aliphatic carbocycles. The van der Waals surface area contributed by atoms with Gasteiger partial charge in [-0.2, -0.15) is 0 Å². The lowest BCUT2D eigenvalue weighted by atomic mass is 10.1. The molecule has 1 aromatic rings. The lowest BCUT2D eigenvalue weighted by Gasteiger charge is -2.28. The van der Waals surface area contributed by atoms with Crippen molar-refractivity contribution < 1.29 is 14.3 Å². The molecule has 1 aromatic carbocycles. The zero-order chi connectivity index (χ0) is 17.6. The zero-order valence-corrected chi connectivity index (χ0v) is 15.4. The van der Waals surface area contributed by atoms with Gasteiger partial charge in [0, 0.05) is 33.4 Å². The number of hydrogen-bond donors (Lipinski definition) is 0. The highest BCUT2D eigenvalue weighted by atomic mass is 16.5. The van der Waals surface area contributed by atoms with Crippen LogP contribution in [0.1, 0.15) is 30.4 Å². The van der Waals surface area contributed by atoms with Crippen LogP contribution in [0.3, 0.4) is 0 Å². The molecule has 0 saturated carbocycles. The number of benzene rings is 1. The maximum atomic E-state index is 13.0. The molecule has 0 aromatic heterocycles. The minimum Gasteiger partial charge on any atom is -0.380 e. The number of methoxy groups -OCH3 is 2. The second-order valence-electron chi connectivity index (χ2n) is 7.23. The van der Waals surface area contributed by atoms with E-state index in [0.29, 0.717) is 19.6 Å². The molecule has 2 aliphatic rings. The highest BCUT2D eigenvalue weighted by Gasteiger charge is 2.36. The van der Waals surface area contributed by atoms with Crippen molar-refractivity contribution in [3.63, 3.8) is 0 Å². The molecule has 0 N–H and O–H groups in total. The molecule has 3 rings (SSSR count). The monoisotopic (exact) mass is 346 g/mol. The van der Waals surface area contributed by atoms with Crippen LogP contribution in [0.15, 0.2) is 24.3 Å². The van der Waals surface area contributed by atoms with Crippen LogP contribution in [-0.4, -0.2) is 68.3 Å². The number of hydrogen-bond acceptors (Lipinski definition) is 4. The average molecular weight is 346 g/mol. The molecule has 2 atom stereocenters. The van der Waals surface area contributed by atoms with Crippen molar-refractivity contribution in [2.24, 2.45) is 0 Å². The Hall–Kier alpha value is -1.43. The highest BCUT2D eigenvalue weighted by Crippen LogP contribution is 2.23. The van der Waals surface area contributed by atoms with Crippen molar-refractivity contribution in [1.82, 2.24) is 9.80 Å². The van der Waals surface area contributed by atoms with Crippen LogP contribution in [0.4, 0.5) is 0 Å². The van der Waals surface area contributed by atoms with Crippen molar-refractivity contribution in [3.05, 3.63) is 35.4 Å². The normalized spacial score (nSPS) is 24.2. The Morgan fingerprint density at radius 2 is 1.96 bits per heavy atom. The van der Waals surface area contributed by atoms with Crippen LogP contribution in [-0.2, 0) is 27.3 Å². The van der Waals surface area contributed by atoms with Gasteiger partial charge in [0.05, 0.1) is 19.1 Å². The second-order valence-corrected chi connectivity index (χ2v) is 7.23. The summed E-state index contributed by atoms with van der Waals surface area (Å²) in [5.74, 6) is 0.207. The summed E-state index contributed by atoms with van der Waals surface area (Å²) in [5, 5.41) is 0. The third-order valence-electron chi connectivity index (χ3n) is 5.36. The Morgan fingerprint density at radius 3 is 2.68 bits per heavy atom. The topological polar surface area (TPSA) is 42.0 Å². The molecule has 5 nitrogen and oxygen atoms in total. The Labute approximate surface area is 150 Å². The van der Waals surface area contributed by atoms with Crippen molar-refractivity contribution in [2.75, 3.05) is 40.4 Å². The predicted octanol–water partition coefficient (Wildman–Crippen LogP) is 2.09. The van der Waals surface area contributed by atoms with Crippen molar-refractivity contribution in [3.8, 4) is 0 Å². The number of nitrogens with zero attached hydrogens (tertiary/aromatic N) is 2. The van der Waals surface area contributed by atoms with Crippen LogP contribution in [0.5, 0.6) is 0 Å². The van der Waals surface area contributed by atoms with E-state index in [1.807, 2.05) is 18.2 Å². The fraction of sp³-hybridized carbons (Fsp3) is 0.650. The van der Waals surface area contributed by atoms with Crippen LogP contribution in [0.2, 0.25) is 0 Å². The molecule has 2 saturated heterocycles. The molecule has 0 bridgehead atoms. The van der Waals surface area contributed by atoms with Gasteiger partial charge in [-0.1, -0.05) is 24.3 Å². The van der Waals surface area contributed by atoms with Crippen LogP contribution >= 0.6 is 0 Å². The average Bonchev–Trinajstić information content (AvgIpc) is 3.25. The van der Waals surface area contributed by atoms with Gasteiger partial charge >= 0.3 is 0 Å². The first-order valence-electron chi connectivity index (χ1n) is 9.31. The summed E-state index contributed by atoms with van der Waals surface area (Å²) < 4.78 is 10.7. The van der Waals surface area contributed by atoms with Gasteiger partial charge in [0.1, 0.15) is 0 Å². The van der Waals surface area contributed by atoms with Gasteiger partial charge in [-0.25, -0.2) is 0 Å². The standard InChI is InChI=1S/C20H30N2O3/c1-24-15-17-7-5-6-16(10-17)11-20(23)22-14-19(25-2)12-18(22)13-21-8-3-4-9-21/h5-7,10,18-19H,3-4,8-9,11-15H2,1-2H3/t18-,19-/m0/s1. The smallest absolute Gasteiger partial charge is 0.227 e. The fourth-order valence-electron chi connectivity index (χ4n) is 4.06. The molecule has 0 spiro atoms. The molecule has 1 amide bonds. The number of ether oxygens (including phenoxy) is 2. The molecule has 2 heterocycles. The summed E-state index contributed by atoms with van der Waals surface area (Å²) in [6, 6.07) is 8.40. The molecule has 2 fully saturated rings. The van der Waals surface area contributed by atoms with Gasteiger partial charge < -0.3 is 19.3 Å². The fourth-order valence-corrected chi connectivity index (χ4v) is 4.06. The summed E-state index contributed by atoms with van der Waals surface area (Å²) in [7, 11) is 3.44. The van der Waals surface area contributed by atoms with E-state index in [1.54, 1.807) is 14.2 Å². The minimum absolute atomic E-state index is 0.163. The van der Waals surface area contributed by atoms with Crippen LogP contribution in [0, 0.1) is 0 Å². The lowest BCUT2D eigenvalue weighted by Crippen LogP contribution is -2.43. The Balaban J connectivity index is 1.64. The minimum atomic E-state index is 0.163. The van der Waals surface area contributed by atoms with Crippen molar-refractivity contribution >= 4 is 5.91 Å². The molecular formula is C20H30N2O3. The first-order valence-corrected chi connectivity index (χ1v) is 9.31. The molecule has 5 heteroatoms. The summed E-state index contributed by atoms with van der Waals surface area (Å²) in [6.07, 6.45) is 4.12. The summed E-state index contributed by atoms with van der Waals surface area (Å²) in [6.45, 7) is 4.60. The molecule has 138 valence electrons. The Kier molecular flexibility index (Phi) is 6.45. The van der Waals surface area contributed by atoms with E-state index in [2.05, 4.69) is 15.9 Å². The van der Waals surface area contributed by atoms with E-state index >= 15 is 0 Å². The number of carbonyl (C=O) groups excluding carboxylic acids is 1. The summed E-state index contributed by atoms with van der Waals surface area (Å²) >= 11 is 0. The van der Waals surface area contributed by atoms with Gasteiger partial charge in [0.15, 0.2) is 0 Å². The molecular weight excluding hydrogens is 316 g/mol. The first-order chi connectivity index (χ1) is 12.2. The van der Waals surface area contributed by atoms with Crippen LogP contribution in [0.25, 0.3) is 0 Å². The van der Waals surface area contributed by atoms with Gasteiger partial charge in [0.25, 0.3) is 0 Å². The molecule has 2 aliphatic heterocycles. The maximum absolute atomic E-state index is 13.0. The van der Waals surface area contributed by atoms with E-state index in [4.69, 9.17) is 9.47 Å². The van der Waals surface area contributed by atoms with E-state index in [9.17, 15) is 4.79 Å². The maximum Gasteiger partial charge on any atom is 0.227 e. The second kappa shape index (κ2) is 8.79. The lowest BCUT2D eigenvalue weighted by molar-refractivity contribution is -0.131. The first kappa shape index (κ1) is 18.4. The zero-order valence-electron chi connectivity index (χ0n) is 15.4. The highest BCUT2D eigenvalue weighted by molar-refractivity contribution is 5.79. The largest absolute Gasteiger partial charge is 0.380 e. The number of rotatable bonds is 7. The van der Waals surface area contributed by atoms with Gasteiger partial charge in [-0.3, -0.25) is 4.79 Å². The van der Waals surface area contributed by atoms with Gasteiger partial charge in [0.2, 0.25) is 5.91 Å². The molecule has 25 heavy (non-hydrogen) atoms. The number of amides is 1. The predicted molar refractivity (Wildman–Crippen MR) is 97.4 cm³/mol. The van der Waals surface area contributed by atoms with Crippen LogP contribution < -0.4 is 0 Å². The summed E-state index contributed by atoms with van der Waals surface area (Å²) in [5.41, 5.74) is 2.16. The van der Waals surface area contributed by atoms with Gasteiger partial charge in [-0.05, 0) is 43.5 Å². The number of carbonyl (C=O) groups is 1. The molecule has 0 radical (unpaired) electrons. The third-order valence-corrected chi connectivity index (χ3v) is 5.36. The van der Waals surface area contributed by atoms with Crippen molar-refractivity contribution in [1.29, 1.82) is 0 Å². The van der Waals surface area contributed by atoms with E-state index in [1.165, 1.54) is 12.8 Å². The van der Waals surface area contributed by atoms with Crippen molar-refractivity contribution in [2.45, 2.75) is 44.4 Å². The Morgan fingerprint density at radius 1 is 1.20 bits per heavy atom. The third kappa shape index (κ3) is 4.81. The van der Waals surface area contributed by atoms with E-state index < -0.39 is 0 Å². The molecule has 0 unspecified atom stereocenters. The number of likely N-dealkylation sites (tertiary alicyclic amines) is 2.